The van der Waals surface area contributed by atoms with E-state index in [0.29, 0.717) is 19.4 Å². The van der Waals surface area contributed by atoms with Gasteiger partial charge in [0, 0.05) is 18.7 Å². The molecule has 0 radical (unpaired) electrons. The summed E-state index contributed by atoms with van der Waals surface area (Å²) in [5.74, 6) is -0.570. The molecule has 4 nitrogen and oxygen atoms in total. The maximum atomic E-state index is 12.8. The number of aromatic nitrogens is 1. The molecule has 0 aliphatic carbocycles. The smallest absolute Gasteiger partial charge is 0.217 e. The first-order valence-corrected chi connectivity index (χ1v) is 6.35. The number of rotatable bonds is 6. The monoisotopic (exact) mass is 273 g/mol. The molecule has 0 saturated heterocycles. The molecule has 0 atom stereocenters. The van der Waals surface area contributed by atoms with Crippen molar-refractivity contribution in [2.24, 2.45) is 5.73 Å². The van der Waals surface area contributed by atoms with Crippen molar-refractivity contribution >= 4 is 11.6 Å². The molecule has 20 heavy (non-hydrogen) atoms. The largest absolute Gasteiger partial charge is 0.380 e. The molecule has 5 heteroatoms. The molecule has 104 valence electrons. The zero-order valence-corrected chi connectivity index (χ0v) is 11.0. The highest BCUT2D eigenvalue weighted by Gasteiger charge is 2.00. The van der Waals surface area contributed by atoms with Gasteiger partial charge < -0.3 is 11.1 Å². The lowest BCUT2D eigenvalue weighted by Crippen LogP contribution is -2.11. The van der Waals surface area contributed by atoms with Gasteiger partial charge in [-0.2, -0.15) is 0 Å². The number of carbonyl (C=O) groups excluding carboxylic acids is 1. The van der Waals surface area contributed by atoms with Crippen LogP contribution in [-0.4, -0.2) is 10.9 Å². The van der Waals surface area contributed by atoms with Gasteiger partial charge in [0.2, 0.25) is 5.91 Å². The number of nitrogens with zero attached hydrogens (tertiary/aromatic N) is 1. The van der Waals surface area contributed by atoms with Crippen LogP contribution in [0.4, 0.5) is 10.1 Å². The van der Waals surface area contributed by atoms with Gasteiger partial charge in [0.25, 0.3) is 0 Å². The van der Waals surface area contributed by atoms with Crippen LogP contribution in [0.1, 0.15) is 17.7 Å². The number of nitrogens with one attached hydrogen (secondary N) is 1. The Morgan fingerprint density at radius 2 is 1.95 bits per heavy atom. The SMILES string of the molecule is NC(=O)CCc1ccc(NCc2ccc(F)cc2)cn1. The number of nitrogens with two attached hydrogens (primary N) is 1. The summed E-state index contributed by atoms with van der Waals surface area (Å²) in [4.78, 5) is 14.9. The van der Waals surface area contributed by atoms with Crippen molar-refractivity contribution in [2.75, 3.05) is 5.32 Å². The molecule has 0 aliphatic heterocycles. The van der Waals surface area contributed by atoms with Crippen molar-refractivity contribution < 1.29 is 9.18 Å². The second-order valence-corrected chi connectivity index (χ2v) is 4.48. The minimum Gasteiger partial charge on any atom is -0.380 e. The molecule has 1 amide bonds. The first-order valence-electron chi connectivity index (χ1n) is 6.35. The minimum absolute atomic E-state index is 0.241. The second kappa shape index (κ2) is 6.65. The number of aryl methyl sites for hydroxylation is 1. The van der Waals surface area contributed by atoms with Gasteiger partial charge in [-0.25, -0.2) is 4.39 Å². The van der Waals surface area contributed by atoms with Gasteiger partial charge in [-0.1, -0.05) is 12.1 Å². The average Bonchev–Trinajstić information content (AvgIpc) is 2.45. The Morgan fingerprint density at radius 3 is 2.55 bits per heavy atom. The number of hydrogen-bond acceptors (Lipinski definition) is 3. The molecule has 2 aromatic rings. The number of halogens is 1. The quantitative estimate of drug-likeness (QED) is 0.848. The predicted molar refractivity (Wildman–Crippen MR) is 75.5 cm³/mol. The van der Waals surface area contributed by atoms with E-state index < -0.39 is 0 Å². The van der Waals surface area contributed by atoms with Gasteiger partial charge in [0.15, 0.2) is 0 Å². The summed E-state index contributed by atoms with van der Waals surface area (Å²) in [7, 11) is 0. The standard InChI is InChI=1S/C15H16FN3O/c16-12-3-1-11(2-4-12)9-18-14-6-5-13(19-10-14)7-8-15(17)20/h1-6,10,18H,7-9H2,(H2,17,20). The van der Waals surface area contributed by atoms with Crippen molar-refractivity contribution in [1.82, 2.24) is 4.98 Å². The van der Waals surface area contributed by atoms with Crippen molar-refractivity contribution in [1.29, 1.82) is 0 Å². The first kappa shape index (κ1) is 14.0. The summed E-state index contributed by atoms with van der Waals surface area (Å²) < 4.78 is 12.8. The topological polar surface area (TPSA) is 68.0 Å². The molecule has 1 aromatic carbocycles. The fourth-order valence-electron chi connectivity index (χ4n) is 1.73. The van der Waals surface area contributed by atoms with Crippen molar-refractivity contribution in [2.45, 2.75) is 19.4 Å². The molecule has 0 fully saturated rings. The molecular formula is C15H16FN3O. The van der Waals surface area contributed by atoms with E-state index in [4.69, 9.17) is 5.73 Å². The van der Waals surface area contributed by atoms with E-state index in [1.807, 2.05) is 12.1 Å². The fraction of sp³-hybridized carbons (Fsp3) is 0.200. The van der Waals surface area contributed by atoms with Crippen LogP contribution >= 0.6 is 0 Å². The maximum Gasteiger partial charge on any atom is 0.217 e. The molecule has 2 rings (SSSR count). The minimum atomic E-state index is -0.328. The van der Waals surface area contributed by atoms with Crippen LogP contribution in [0.15, 0.2) is 42.6 Å². The van der Waals surface area contributed by atoms with E-state index in [0.717, 1.165) is 16.9 Å². The summed E-state index contributed by atoms with van der Waals surface area (Å²) >= 11 is 0. The molecule has 0 aliphatic rings. The molecule has 3 N–H and O–H groups in total. The van der Waals surface area contributed by atoms with Gasteiger partial charge in [-0.15, -0.1) is 0 Å². The molecular weight excluding hydrogens is 257 g/mol. The van der Waals surface area contributed by atoms with Crippen LogP contribution in [0.3, 0.4) is 0 Å². The van der Waals surface area contributed by atoms with Crippen LogP contribution in [-0.2, 0) is 17.8 Å². The van der Waals surface area contributed by atoms with Crippen LogP contribution in [0.25, 0.3) is 0 Å². The van der Waals surface area contributed by atoms with Gasteiger partial charge >= 0.3 is 0 Å². The van der Waals surface area contributed by atoms with E-state index in [-0.39, 0.29) is 11.7 Å². The highest BCUT2D eigenvalue weighted by Crippen LogP contribution is 2.10. The number of benzene rings is 1. The molecule has 0 saturated carbocycles. The maximum absolute atomic E-state index is 12.8. The van der Waals surface area contributed by atoms with E-state index in [9.17, 15) is 9.18 Å². The lowest BCUT2D eigenvalue weighted by Gasteiger charge is -2.07. The molecule has 1 heterocycles. The summed E-state index contributed by atoms with van der Waals surface area (Å²) in [6.45, 7) is 0.600. The molecule has 0 bridgehead atoms. The van der Waals surface area contributed by atoms with Gasteiger partial charge in [-0.05, 0) is 36.2 Å². The second-order valence-electron chi connectivity index (χ2n) is 4.48. The summed E-state index contributed by atoms with van der Waals surface area (Å²) in [5.41, 5.74) is 7.78. The summed E-state index contributed by atoms with van der Waals surface area (Å²) in [5, 5.41) is 3.20. The van der Waals surface area contributed by atoms with E-state index >= 15 is 0 Å². The van der Waals surface area contributed by atoms with Gasteiger partial charge in [-0.3, -0.25) is 9.78 Å². The van der Waals surface area contributed by atoms with Crippen LogP contribution < -0.4 is 11.1 Å². The van der Waals surface area contributed by atoms with Crippen molar-refractivity contribution in [3.8, 4) is 0 Å². The Balaban J connectivity index is 1.87. The van der Waals surface area contributed by atoms with Crippen LogP contribution in [0.5, 0.6) is 0 Å². The number of pyridine rings is 1. The normalized spacial score (nSPS) is 10.2. The number of anilines is 1. The third kappa shape index (κ3) is 4.35. The third-order valence-electron chi connectivity index (χ3n) is 2.86. The molecule has 0 spiro atoms. The number of primary amides is 1. The van der Waals surface area contributed by atoms with Gasteiger partial charge in [0.05, 0.1) is 11.9 Å². The Bertz CT molecular complexity index is 567. The Labute approximate surface area is 116 Å². The highest BCUT2D eigenvalue weighted by molar-refractivity contribution is 5.73. The number of hydrogen-bond donors (Lipinski definition) is 2. The molecule has 1 aromatic heterocycles. The Morgan fingerprint density at radius 1 is 1.20 bits per heavy atom. The summed E-state index contributed by atoms with van der Waals surface area (Å²) in [6.07, 6.45) is 2.56. The Hall–Kier alpha value is -2.43. The highest BCUT2D eigenvalue weighted by atomic mass is 19.1. The lowest BCUT2D eigenvalue weighted by atomic mass is 10.2. The van der Waals surface area contributed by atoms with E-state index in [2.05, 4.69) is 10.3 Å². The fourth-order valence-corrected chi connectivity index (χ4v) is 1.73. The van der Waals surface area contributed by atoms with Crippen molar-refractivity contribution in [3.63, 3.8) is 0 Å². The average molecular weight is 273 g/mol. The van der Waals surface area contributed by atoms with Gasteiger partial charge in [0.1, 0.15) is 5.82 Å². The Kier molecular flexibility index (Phi) is 4.65. The van der Waals surface area contributed by atoms with Crippen molar-refractivity contribution in [3.05, 3.63) is 59.7 Å². The lowest BCUT2D eigenvalue weighted by molar-refractivity contribution is -0.118. The number of amides is 1. The van der Waals surface area contributed by atoms with Crippen LogP contribution in [0, 0.1) is 5.82 Å². The zero-order valence-electron chi connectivity index (χ0n) is 11.0. The molecule has 0 unspecified atom stereocenters. The summed E-state index contributed by atoms with van der Waals surface area (Å²) in [6, 6.07) is 10.1. The zero-order chi connectivity index (χ0) is 14.4. The van der Waals surface area contributed by atoms with Crippen LogP contribution in [0.2, 0.25) is 0 Å². The van der Waals surface area contributed by atoms with E-state index in [1.165, 1.54) is 12.1 Å². The van der Waals surface area contributed by atoms with E-state index in [1.54, 1.807) is 18.3 Å². The third-order valence-corrected chi connectivity index (χ3v) is 2.86. The number of carbonyl (C=O) groups is 1. The first-order chi connectivity index (χ1) is 9.63. The predicted octanol–water partition coefficient (Wildman–Crippen LogP) is 2.25.